The lowest BCUT2D eigenvalue weighted by molar-refractivity contribution is 0.133. The number of carbonyl (C=O) groups is 1. The summed E-state index contributed by atoms with van der Waals surface area (Å²) in [5.74, 6) is 0.596. The molecule has 0 aromatic heterocycles. The highest BCUT2D eigenvalue weighted by Crippen LogP contribution is 2.33. The van der Waals surface area contributed by atoms with Crippen LogP contribution in [0.2, 0.25) is 0 Å². The van der Waals surface area contributed by atoms with Crippen LogP contribution < -0.4 is 9.80 Å². The standard InChI is InChI=1S/C19H21F2NO4/c1-4-13-8-9-16(12(2)10-13)26-11-14-6-5-7-15(18(20)21)17(14)22(24)19(23)25-3/h5-10,18,24H,4,11H2,1-3H3. The van der Waals surface area contributed by atoms with Gasteiger partial charge in [0.25, 0.3) is 6.43 Å². The molecule has 140 valence electrons. The summed E-state index contributed by atoms with van der Waals surface area (Å²) in [5, 5.41) is 10.1. The van der Waals surface area contributed by atoms with Gasteiger partial charge in [0.15, 0.2) is 0 Å². The molecule has 0 spiro atoms. The summed E-state index contributed by atoms with van der Waals surface area (Å²) in [6.45, 7) is 3.83. The third-order valence-electron chi connectivity index (χ3n) is 3.98. The largest absolute Gasteiger partial charge is 0.489 e. The summed E-state index contributed by atoms with van der Waals surface area (Å²) in [7, 11) is 1.05. The molecule has 2 aromatic carbocycles. The normalized spacial score (nSPS) is 10.7. The maximum absolute atomic E-state index is 13.3. The third kappa shape index (κ3) is 4.29. The highest BCUT2D eigenvalue weighted by Gasteiger charge is 2.25. The molecule has 0 heterocycles. The molecule has 26 heavy (non-hydrogen) atoms. The number of ether oxygens (including phenoxy) is 2. The quantitative estimate of drug-likeness (QED) is 0.576. The molecule has 0 saturated heterocycles. The molecule has 0 saturated carbocycles. The van der Waals surface area contributed by atoms with Gasteiger partial charge in [-0.3, -0.25) is 5.21 Å². The van der Waals surface area contributed by atoms with Crippen LogP contribution in [0.4, 0.5) is 19.3 Å². The molecular formula is C19H21F2NO4. The van der Waals surface area contributed by atoms with E-state index in [1.165, 1.54) is 12.1 Å². The molecular weight excluding hydrogens is 344 g/mol. The van der Waals surface area contributed by atoms with E-state index in [4.69, 9.17) is 4.74 Å². The molecule has 0 aliphatic heterocycles. The fourth-order valence-electron chi connectivity index (χ4n) is 2.59. The van der Waals surface area contributed by atoms with Crippen LogP contribution in [0.25, 0.3) is 0 Å². The van der Waals surface area contributed by atoms with Crippen molar-refractivity contribution in [1.29, 1.82) is 0 Å². The Morgan fingerprint density at radius 2 is 2.00 bits per heavy atom. The number of para-hydroxylation sites is 1. The van der Waals surface area contributed by atoms with Crippen molar-refractivity contribution in [3.05, 3.63) is 58.7 Å². The average molecular weight is 365 g/mol. The van der Waals surface area contributed by atoms with Crippen LogP contribution in [0.5, 0.6) is 5.75 Å². The van der Waals surface area contributed by atoms with Gasteiger partial charge in [-0.05, 0) is 30.5 Å². The predicted octanol–water partition coefficient (Wildman–Crippen LogP) is 5.04. The van der Waals surface area contributed by atoms with E-state index in [0.29, 0.717) is 5.75 Å². The van der Waals surface area contributed by atoms with E-state index < -0.39 is 18.1 Å². The Bertz CT molecular complexity index is 780. The van der Waals surface area contributed by atoms with Crippen LogP contribution in [0.1, 0.15) is 35.6 Å². The first kappa shape index (κ1) is 19.7. The summed E-state index contributed by atoms with van der Waals surface area (Å²) in [6.07, 6.45) is -3.15. The van der Waals surface area contributed by atoms with Crippen molar-refractivity contribution in [2.45, 2.75) is 33.3 Å². The molecule has 7 heteroatoms. The fraction of sp³-hybridized carbons (Fsp3) is 0.316. The highest BCUT2D eigenvalue weighted by molar-refractivity contribution is 5.87. The molecule has 0 unspecified atom stereocenters. The van der Waals surface area contributed by atoms with Crippen LogP contribution in [0.15, 0.2) is 36.4 Å². The van der Waals surface area contributed by atoms with Crippen molar-refractivity contribution < 1.29 is 28.3 Å². The van der Waals surface area contributed by atoms with Gasteiger partial charge in [-0.15, -0.1) is 0 Å². The number of hydrogen-bond donors (Lipinski definition) is 1. The number of aryl methyl sites for hydroxylation is 2. The topological polar surface area (TPSA) is 59.0 Å². The summed E-state index contributed by atoms with van der Waals surface area (Å²) >= 11 is 0. The molecule has 5 nitrogen and oxygen atoms in total. The van der Waals surface area contributed by atoms with E-state index in [-0.39, 0.29) is 22.9 Å². The van der Waals surface area contributed by atoms with Crippen molar-refractivity contribution >= 4 is 11.8 Å². The van der Waals surface area contributed by atoms with Crippen LogP contribution >= 0.6 is 0 Å². The van der Waals surface area contributed by atoms with Crippen molar-refractivity contribution in [2.24, 2.45) is 0 Å². The molecule has 0 aliphatic carbocycles. The molecule has 0 fully saturated rings. The zero-order valence-electron chi connectivity index (χ0n) is 14.8. The number of nitrogens with zero attached hydrogens (tertiary/aromatic N) is 1. The number of amides is 1. The van der Waals surface area contributed by atoms with Gasteiger partial charge in [0, 0.05) is 11.1 Å². The summed E-state index contributed by atoms with van der Waals surface area (Å²) in [5.41, 5.74) is 1.47. The van der Waals surface area contributed by atoms with E-state index in [1.807, 2.05) is 32.0 Å². The summed E-state index contributed by atoms with van der Waals surface area (Å²) < 4.78 is 36.8. The fourth-order valence-corrected chi connectivity index (χ4v) is 2.59. The maximum Gasteiger partial charge on any atom is 0.438 e. The second-order valence-electron chi connectivity index (χ2n) is 5.68. The van der Waals surface area contributed by atoms with Crippen molar-refractivity contribution in [1.82, 2.24) is 0 Å². The van der Waals surface area contributed by atoms with Crippen LogP contribution in [0.3, 0.4) is 0 Å². The third-order valence-corrected chi connectivity index (χ3v) is 3.98. The van der Waals surface area contributed by atoms with E-state index >= 15 is 0 Å². The maximum atomic E-state index is 13.3. The lowest BCUT2D eigenvalue weighted by Gasteiger charge is -2.21. The molecule has 1 N–H and O–H groups in total. The minimum Gasteiger partial charge on any atom is -0.489 e. The zero-order chi connectivity index (χ0) is 19.3. The predicted molar refractivity (Wildman–Crippen MR) is 93.0 cm³/mol. The minimum absolute atomic E-state index is 0.0766. The van der Waals surface area contributed by atoms with Gasteiger partial charge in [0.05, 0.1) is 12.8 Å². The molecule has 2 aromatic rings. The Kier molecular flexibility index (Phi) is 6.52. The van der Waals surface area contributed by atoms with Gasteiger partial charge in [0.2, 0.25) is 0 Å². The lowest BCUT2D eigenvalue weighted by atomic mass is 10.1. The van der Waals surface area contributed by atoms with Gasteiger partial charge in [-0.25, -0.2) is 13.6 Å². The average Bonchev–Trinajstić information content (AvgIpc) is 2.65. The van der Waals surface area contributed by atoms with Crippen LogP contribution in [0, 0.1) is 6.92 Å². The lowest BCUT2D eigenvalue weighted by Crippen LogP contribution is -2.29. The first-order valence-corrected chi connectivity index (χ1v) is 8.08. The van der Waals surface area contributed by atoms with Crippen molar-refractivity contribution in [2.75, 3.05) is 12.2 Å². The van der Waals surface area contributed by atoms with Crippen molar-refractivity contribution in [3.8, 4) is 5.75 Å². The first-order valence-electron chi connectivity index (χ1n) is 8.08. The highest BCUT2D eigenvalue weighted by atomic mass is 19.3. The number of hydroxylamine groups is 1. The number of alkyl halides is 2. The minimum atomic E-state index is -2.88. The van der Waals surface area contributed by atoms with E-state index in [2.05, 4.69) is 4.74 Å². The Morgan fingerprint density at radius 3 is 2.58 bits per heavy atom. The number of rotatable bonds is 6. The van der Waals surface area contributed by atoms with Crippen LogP contribution in [-0.4, -0.2) is 18.4 Å². The second kappa shape index (κ2) is 8.62. The molecule has 2 rings (SSSR count). The van der Waals surface area contributed by atoms with Crippen LogP contribution in [-0.2, 0) is 17.8 Å². The van der Waals surface area contributed by atoms with Gasteiger partial charge in [-0.2, -0.15) is 5.06 Å². The Balaban J connectivity index is 2.34. The summed E-state index contributed by atoms with van der Waals surface area (Å²) in [4.78, 5) is 11.6. The van der Waals surface area contributed by atoms with E-state index in [1.54, 1.807) is 0 Å². The zero-order valence-corrected chi connectivity index (χ0v) is 14.8. The number of methoxy groups -OCH3 is 1. The number of hydrogen-bond acceptors (Lipinski definition) is 4. The first-order chi connectivity index (χ1) is 12.4. The monoisotopic (exact) mass is 365 g/mol. The summed E-state index contributed by atoms with van der Waals surface area (Å²) in [6, 6.07) is 9.77. The number of halogens is 2. The molecule has 0 atom stereocenters. The van der Waals surface area contributed by atoms with Gasteiger partial charge >= 0.3 is 6.09 Å². The molecule has 0 radical (unpaired) electrons. The van der Waals surface area contributed by atoms with Gasteiger partial charge in [0.1, 0.15) is 12.4 Å². The van der Waals surface area contributed by atoms with E-state index in [9.17, 15) is 18.8 Å². The second-order valence-corrected chi connectivity index (χ2v) is 5.68. The molecule has 0 aliphatic rings. The van der Waals surface area contributed by atoms with Crippen molar-refractivity contribution in [3.63, 3.8) is 0 Å². The number of carbonyl (C=O) groups excluding carboxylic acids is 1. The Morgan fingerprint density at radius 1 is 1.27 bits per heavy atom. The van der Waals surface area contributed by atoms with Gasteiger partial charge < -0.3 is 9.47 Å². The van der Waals surface area contributed by atoms with E-state index in [0.717, 1.165) is 30.7 Å². The molecule has 0 bridgehead atoms. The SMILES string of the molecule is CCc1ccc(OCc2cccc(C(F)F)c2N(O)C(=O)OC)c(C)c1. The smallest absolute Gasteiger partial charge is 0.438 e. The van der Waals surface area contributed by atoms with Gasteiger partial charge in [-0.1, -0.05) is 37.3 Å². The number of anilines is 1. The Hall–Kier alpha value is -2.67. The Labute approximate surface area is 150 Å². The molecule has 1 amide bonds. The number of benzene rings is 2.